The van der Waals surface area contributed by atoms with Gasteiger partial charge in [-0.3, -0.25) is 14.6 Å². The van der Waals surface area contributed by atoms with Crippen molar-refractivity contribution in [1.82, 2.24) is 14.0 Å². The van der Waals surface area contributed by atoms with E-state index in [4.69, 9.17) is 5.41 Å². The summed E-state index contributed by atoms with van der Waals surface area (Å²) < 4.78 is 2.88. The highest BCUT2D eigenvalue weighted by molar-refractivity contribution is 5.91. The molecular formula is C16H16N4O3. The normalized spacial score (nSPS) is 11.5. The molecule has 3 heterocycles. The van der Waals surface area contributed by atoms with Crippen molar-refractivity contribution in [3.05, 3.63) is 51.4 Å². The molecule has 0 unspecified atom stereocenters. The molecule has 0 saturated heterocycles. The van der Waals surface area contributed by atoms with Crippen molar-refractivity contribution in [3.63, 3.8) is 0 Å². The molecule has 0 aliphatic rings. The molecule has 118 valence electrons. The maximum absolute atomic E-state index is 12.8. The van der Waals surface area contributed by atoms with Crippen LogP contribution in [0.1, 0.15) is 35.8 Å². The van der Waals surface area contributed by atoms with E-state index in [0.29, 0.717) is 11.3 Å². The van der Waals surface area contributed by atoms with Crippen molar-refractivity contribution in [2.24, 2.45) is 0 Å². The second kappa shape index (κ2) is 5.05. The van der Waals surface area contributed by atoms with E-state index < -0.39 is 5.97 Å². The summed E-state index contributed by atoms with van der Waals surface area (Å²) in [5.74, 6) is -1.24. The number of rotatable bonds is 2. The lowest BCUT2D eigenvalue weighted by atomic mass is 10.2. The molecule has 0 aliphatic heterocycles. The number of aromatic carboxylic acids is 1. The number of carboxylic acids is 1. The molecular weight excluding hydrogens is 296 g/mol. The first-order valence-electron chi connectivity index (χ1n) is 7.18. The van der Waals surface area contributed by atoms with Crippen LogP contribution in [-0.2, 0) is 0 Å². The smallest absolute Gasteiger partial charge is 0.339 e. The molecule has 0 aliphatic carbocycles. The average Bonchev–Trinajstić information content (AvgIpc) is 2.47. The molecule has 2 N–H and O–H groups in total. The lowest BCUT2D eigenvalue weighted by Gasteiger charge is -2.16. The van der Waals surface area contributed by atoms with Gasteiger partial charge in [0.1, 0.15) is 22.3 Å². The fourth-order valence-corrected chi connectivity index (χ4v) is 2.72. The van der Waals surface area contributed by atoms with Gasteiger partial charge in [-0.15, -0.1) is 0 Å². The third-order valence-corrected chi connectivity index (χ3v) is 3.82. The second-order valence-electron chi connectivity index (χ2n) is 5.71. The highest BCUT2D eigenvalue weighted by Gasteiger charge is 2.18. The minimum Gasteiger partial charge on any atom is -0.478 e. The van der Waals surface area contributed by atoms with Gasteiger partial charge < -0.3 is 9.67 Å². The monoisotopic (exact) mass is 312 g/mol. The Kier molecular flexibility index (Phi) is 3.28. The quantitative estimate of drug-likeness (QED) is 0.703. The van der Waals surface area contributed by atoms with E-state index >= 15 is 0 Å². The number of carboxylic acid groups (broad SMARTS) is 1. The summed E-state index contributed by atoms with van der Waals surface area (Å²) >= 11 is 0. The molecule has 0 radical (unpaired) electrons. The van der Waals surface area contributed by atoms with Gasteiger partial charge in [-0.1, -0.05) is 6.07 Å². The van der Waals surface area contributed by atoms with Crippen molar-refractivity contribution < 1.29 is 9.90 Å². The molecule has 0 fully saturated rings. The summed E-state index contributed by atoms with van der Waals surface area (Å²) in [6, 6.07) is 4.62. The number of carbonyl (C=O) groups is 1. The van der Waals surface area contributed by atoms with Crippen LogP contribution in [0.4, 0.5) is 0 Å². The van der Waals surface area contributed by atoms with Crippen molar-refractivity contribution in [3.8, 4) is 0 Å². The predicted molar refractivity (Wildman–Crippen MR) is 84.9 cm³/mol. The van der Waals surface area contributed by atoms with Crippen molar-refractivity contribution >= 4 is 22.6 Å². The Morgan fingerprint density at radius 2 is 2.04 bits per heavy atom. The van der Waals surface area contributed by atoms with E-state index in [2.05, 4.69) is 4.98 Å². The van der Waals surface area contributed by atoms with E-state index in [1.807, 2.05) is 26.8 Å². The van der Waals surface area contributed by atoms with Gasteiger partial charge in [0.15, 0.2) is 0 Å². The minimum absolute atomic E-state index is 0.162. The van der Waals surface area contributed by atoms with Crippen LogP contribution < -0.4 is 11.0 Å². The van der Waals surface area contributed by atoms with Gasteiger partial charge in [0.05, 0.1) is 5.39 Å². The first-order valence-corrected chi connectivity index (χ1v) is 7.18. The van der Waals surface area contributed by atoms with Crippen LogP contribution in [0, 0.1) is 12.3 Å². The number of pyridine rings is 2. The largest absolute Gasteiger partial charge is 0.478 e. The molecule has 0 aromatic carbocycles. The molecule has 7 nitrogen and oxygen atoms in total. The number of nitrogens with zero attached hydrogens (tertiary/aromatic N) is 3. The number of hydrogen-bond donors (Lipinski definition) is 2. The molecule has 3 rings (SSSR count). The maximum Gasteiger partial charge on any atom is 0.339 e. The van der Waals surface area contributed by atoms with Crippen LogP contribution in [-0.4, -0.2) is 25.0 Å². The van der Waals surface area contributed by atoms with Crippen LogP contribution in [0.2, 0.25) is 0 Å². The Bertz CT molecular complexity index is 1080. The Labute approximate surface area is 131 Å². The molecule has 0 amide bonds. The number of aromatic nitrogens is 3. The molecule has 3 aromatic rings. The first kappa shape index (κ1) is 15.0. The van der Waals surface area contributed by atoms with Crippen LogP contribution >= 0.6 is 0 Å². The van der Waals surface area contributed by atoms with Crippen LogP contribution in [0.3, 0.4) is 0 Å². The number of aryl methyl sites for hydroxylation is 1. The zero-order valence-corrected chi connectivity index (χ0v) is 13.0. The summed E-state index contributed by atoms with van der Waals surface area (Å²) in [5, 5.41) is 17.7. The minimum atomic E-state index is -1.24. The Morgan fingerprint density at radius 3 is 2.65 bits per heavy atom. The standard InChI is InChI=1S/C16H16N4O3/c1-8(2)20-12(17)10(16(22)23)7-11-14(20)18-13-9(3)5-4-6-19(13)15(11)21/h4-8,17H,1-3H3,(H,22,23). The van der Waals surface area contributed by atoms with E-state index in [0.717, 1.165) is 5.56 Å². The van der Waals surface area contributed by atoms with Gasteiger partial charge in [-0.05, 0) is 38.5 Å². The third kappa shape index (κ3) is 2.12. The maximum atomic E-state index is 12.8. The van der Waals surface area contributed by atoms with Gasteiger partial charge in [0, 0.05) is 12.2 Å². The van der Waals surface area contributed by atoms with E-state index in [1.54, 1.807) is 12.3 Å². The molecule has 23 heavy (non-hydrogen) atoms. The fraction of sp³-hybridized carbons (Fsp3) is 0.250. The second-order valence-corrected chi connectivity index (χ2v) is 5.71. The SMILES string of the molecule is Cc1cccn2c(=O)c3cc(C(=O)O)c(=N)n(C(C)C)c3nc12. The summed E-state index contributed by atoms with van der Waals surface area (Å²) in [6.45, 7) is 5.50. The predicted octanol–water partition coefficient (Wildman–Crippen LogP) is 1.72. The van der Waals surface area contributed by atoms with Crippen LogP contribution in [0.15, 0.2) is 29.2 Å². The van der Waals surface area contributed by atoms with Gasteiger partial charge in [-0.25, -0.2) is 9.78 Å². The van der Waals surface area contributed by atoms with Gasteiger partial charge >= 0.3 is 5.97 Å². The van der Waals surface area contributed by atoms with Crippen molar-refractivity contribution in [2.45, 2.75) is 26.8 Å². The van der Waals surface area contributed by atoms with Crippen molar-refractivity contribution in [1.29, 1.82) is 5.41 Å². The van der Waals surface area contributed by atoms with E-state index in [-0.39, 0.29) is 28.0 Å². The molecule has 0 spiro atoms. The lowest BCUT2D eigenvalue weighted by molar-refractivity contribution is 0.0693. The zero-order valence-electron chi connectivity index (χ0n) is 13.0. The molecule has 0 atom stereocenters. The number of nitrogens with one attached hydrogen (secondary N) is 1. The summed E-state index contributed by atoms with van der Waals surface area (Å²) in [4.78, 5) is 28.7. The highest BCUT2D eigenvalue weighted by atomic mass is 16.4. The first-order chi connectivity index (χ1) is 10.8. The topological polar surface area (TPSA) is 100 Å². The summed E-state index contributed by atoms with van der Waals surface area (Å²) in [6.07, 6.45) is 1.60. The number of fused-ring (bicyclic) bond motifs is 2. The Hall–Kier alpha value is -2.96. The fourth-order valence-electron chi connectivity index (χ4n) is 2.72. The van der Waals surface area contributed by atoms with E-state index in [1.165, 1.54) is 15.0 Å². The van der Waals surface area contributed by atoms with Gasteiger partial charge in [0.25, 0.3) is 5.56 Å². The van der Waals surface area contributed by atoms with Gasteiger partial charge in [0.2, 0.25) is 0 Å². The zero-order chi connectivity index (χ0) is 16.9. The molecule has 0 saturated carbocycles. The summed E-state index contributed by atoms with van der Waals surface area (Å²) in [7, 11) is 0. The van der Waals surface area contributed by atoms with E-state index in [9.17, 15) is 14.7 Å². The van der Waals surface area contributed by atoms with Crippen LogP contribution in [0.25, 0.3) is 16.7 Å². The van der Waals surface area contributed by atoms with Crippen LogP contribution in [0.5, 0.6) is 0 Å². The molecule has 3 aromatic heterocycles. The average molecular weight is 312 g/mol. The molecule has 0 bridgehead atoms. The number of hydrogen-bond acceptors (Lipinski definition) is 4. The third-order valence-electron chi connectivity index (χ3n) is 3.82. The highest BCUT2D eigenvalue weighted by Crippen LogP contribution is 2.15. The molecule has 7 heteroatoms. The lowest BCUT2D eigenvalue weighted by Crippen LogP contribution is -2.31. The van der Waals surface area contributed by atoms with Gasteiger partial charge in [-0.2, -0.15) is 0 Å². The Morgan fingerprint density at radius 1 is 1.35 bits per heavy atom. The summed E-state index contributed by atoms with van der Waals surface area (Å²) in [5.41, 5.74) is 0.944. The Balaban J connectivity index is 2.67. The van der Waals surface area contributed by atoms with Crippen molar-refractivity contribution in [2.75, 3.05) is 0 Å².